The van der Waals surface area contributed by atoms with E-state index in [0.29, 0.717) is 6.04 Å². The average Bonchev–Trinajstić information content (AvgIpc) is 2.99. The lowest BCUT2D eigenvalue weighted by molar-refractivity contribution is 0.322. The number of hydrogen-bond acceptors (Lipinski definition) is 4. The number of nitrogens with two attached hydrogens (primary N) is 1. The lowest BCUT2D eigenvalue weighted by Crippen LogP contribution is -2.45. The lowest BCUT2D eigenvalue weighted by atomic mass is 10.3. The molecule has 0 aromatic heterocycles. The van der Waals surface area contributed by atoms with Gasteiger partial charge in [0.1, 0.15) is 5.25 Å². The fourth-order valence-corrected chi connectivity index (χ4v) is 3.69. The molecule has 2 rings (SSSR count). The molecule has 1 saturated heterocycles. The Hall–Kier alpha value is -0.240. The van der Waals surface area contributed by atoms with Crippen LogP contribution in [-0.4, -0.2) is 48.7 Å². The van der Waals surface area contributed by atoms with Crippen LogP contribution in [0.15, 0.2) is 0 Å². The van der Waals surface area contributed by atoms with Gasteiger partial charge in [-0.25, -0.2) is 13.1 Å². The highest BCUT2D eigenvalue weighted by molar-refractivity contribution is 7.93. The van der Waals surface area contributed by atoms with E-state index in [0.717, 1.165) is 19.5 Å². The van der Waals surface area contributed by atoms with Gasteiger partial charge in [0.2, 0.25) is 10.0 Å². The Morgan fingerprint density at radius 1 is 1.47 bits per heavy atom. The van der Waals surface area contributed by atoms with Crippen LogP contribution in [0.25, 0.3) is 0 Å². The summed E-state index contributed by atoms with van der Waals surface area (Å²) in [4.78, 5) is 2.38. The van der Waals surface area contributed by atoms with Crippen molar-refractivity contribution in [2.75, 3.05) is 13.1 Å². The minimum atomic E-state index is -3.41. The van der Waals surface area contributed by atoms with Crippen molar-refractivity contribution in [2.45, 2.75) is 43.5 Å². The van der Waals surface area contributed by atoms with Crippen molar-refractivity contribution in [3.8, 4) is 0 Å². The maximum Gasteiger partial charge on any atom is 0.221 e. The summed E-state index contributed by atoms with van der Waals surface area (Å²) in [5.41, 5.74) is 5.38. The Bertz CT molecular complexity index is 406. The molecule has 2 unspecified atom stereocenters. The summed E-state index contributed by atoms with van der Waals surface area (Å²) in [6.07, 6.45) is 3.38. The molecular formula is C10H19N3O2S2. The zero-order chi connectivity index (χ0) is 12.6. The largest absolute Gasteiger partial charge is 0.392 e. The van der Waals surface area contributed by atoms with Crippen LogP contribution in [0.1, 0.15) is 26.2 Å². The maximum absolute atomic E-state index is 11.9. The first-order valence-electron chi connectivity index (χ1n) is 5.94. The first-order valence-corrected chi connectivity index (χ1v) is 7.90. The zero-order valence-corrected chi connectivity index (χ0v) is 11.6. The second-order valence-corrected chi connectivity index (χ2v) is 7.42. The van der Waals surface area contributed by atoms with Crippen LogP contribution < -0.4 is 10.5 Å². The summed E-state index contributed by atoms with van der Waals surface area (Å²) in [5.74, 6) is 0. The fourth-order valence-electron chi connectivity index (χ4n) is 2.14. The molecule has 0 aromatic carbocycles. The molecule has 17 heavy (non-hydrogen) atoms. The number of rotatable bonds is 5. The third-order valence-corrected chi connectivity index (χ3v) is 5.83. The Balaban J connectivity index is 1.90. The molecule has 2 atom stereocenters. The third kappa shape index (κ3) is 3.15. The van der Waals surface area contributed by atoms with E-state index in [1.54, 1.807) is 0 Å². The van der Waals surface area contributed by atoms with Gasteiger partial charge in [-0.1, -0.05) is 12.2 Å². The van der Waals surface area contributed by atoms with Gasteiger partial charge in [0.15, 0.2) is 0 Å². The summed E-state index contributed by atoms with van der Waals surface area (Å²) in [6.45, 7) is 3.32. The highest BCUT2D eigenvalue weighted by Gasteiger charge is 2.36. The lowest BCUT2D eigenvalue weighted by Gasteiger charge is -2.18. The average molecular weight is 277 g/mol. The van der Waals surface area contributed by atoms with Gasteiger partial charge in [-0.15, -0.1) is 0 Å². The SMILES string of the molecule is CC(C(N)=S)S(=O)(=O)NC1CCN(C2CC2)C1. The normalized spacial score (nSPS) is 28.2. The van der Waals surface area contributed by atoms with Gasteiger partial charge in [-0.3, -0.25) is 4.90 Å². The van der Waals surface area contributed by atoms with E-state index in [1.165, 1.54) is 19.8 Å². The van der Waals surface area contributed by atoms with Crippen LogP contribution in [-0.2, 0) is 10.0 Å². The van der Waals surface area contributed by atoms with E-state index in [9.17, 15) is 8.42 Å². The number of nitrogens with one attached hydrogen (secondary N) is 1. The van der Waals surface area contributed by atoms with E-state index in [-0.39, 0.29) is 11.0 Å². The number of nitrogens with zero attached hydrogens (tertiary/aromatic N) is 1. The van der Waals surface area contributed by atoms with Crippen molar-refractivity contribution in [3.05, 3.63) is 0 Å². The van der Waals surface area contributed by atoms with Gasteiger partial charge in [-0.05, 0) is 26.2 Å². The number of sulfonamides is 1. The van der Waals surface area contributed by atoms with E-state index < -0.39 is 15.3 Å². The van der Waals surface area contributed by atoms with Crippen LogP contribution in [0.4, 0.5) is 0 Å². The van der Waals surface area contributed by atoms with Gasteiger partial charge in [0, 0.05) is 25.2 Å². The van der Waals surface area contributed by atoms with Gasteiger partial charge < -0.3 is 5.73 Å². The molecule has 1 heterocycles. The molecule has 0 bridgehead atoms. The van der Waals surface area contributed by atoms with Crippen molar-refractivity contribution < 1.29 is 8.42 Å². The Kier molecular flexibility index (Phi) is 3.72. The third-order valence-electron chi connectivity index (χ3n) is 3.48. The standard InChI is InChI=1S/C10H19N3O2S2/c1-7(10(11)16)17(14,15)12-8-4-5-13(6-8)9-2-3-9/h7-9,12H,2-6H2,1H3,(H2,11,16). The van der Waals surface area contributed by atoms with Crippen LogP contribution in [0.5, 0.6) is 0 Å². The smallest absolute Gasteiger partial charge is 0.221 e. The van der Waals surface area contributed by atoms with Crippen LogP contribution in [0.3, 0.4) is 0 Å². The number of likely N-dealkylation sites (tertiary alicyclic amines) is 1. The molecule has 1 saturated carbocycles. The van der Waals surface area contributed by atoms with E-state index in [2.05, 4.69) is 9.62 Å². The quantitative estimate of drug-likeness (QED) is 0.682. The molecule has 2 fully saturated rings. The Morgan fingerprint density at radius 2 is 2.12 bits per heavy atom. The van der Waals surface area contributed by atoms with Crippen LogP contribution in [0, 0.1) is 0 Å². The van der Waals surface area contributed by atoms with E-state index in [4.69, 9.17) is 18.0 Å². The van der Waals surface area contributed by atoms with Crippen molar-refractivity contribution in [1.29, 1.82) is 0 Å². The molecule has 1 aliphatic heterocycles. The zero-order valence-electron chi connectivity index (χ0n) is 9.93. The Labute approximate surface area is 108 Å². The van der Waals surface area contributed by atoms with Gasteiger partial charge >= 0.3 is 0 Å². The highest BCUT2D eigenvalue weighted by Crippen LogP contribution is 2.29. The summed E-state index contributed by atoms with van der Waals surface area (Å²) < 4.78 is 26.6. The molecule has 7 heteroatoms. The number of hydrogen-bond donors (Lipinski definition) is 2. The maximum atomic E-state index is 11.9. The van der Waals surface area contributed by atoms with Crippen molar-refractivity contribution in [1.82, 2.24) is 9.62 Å². The van der Waals surface area contributed by atoms with Crippen molar-refractivity contribution >= 4 is 27.2 Å². The number of thiocarbonyl (C=S) groups is 1. The highest BCUT2D eigenvalue weighted by atomic mass is 32.2. The van der Waals surface area contributed by atoms with Crippen LogP contribution in [0.2, 0.25) is 0 Å². The molecule has 0 amide bonds. The minimum Gasteiger partial charge on any atom is -0.392 e. The molecule has 0 radical (unpaired) electrons. The van der Waals surface area contributed by atoms with E-state index >= 15 is 0 Å². The fraction of sp³-hybridized carbons (Fsp3) is 0.900. The first kappa shape index (κ1) is 13.2. The summed E-state index contributed by atoms with van der Waals surface area (Å²) in [7, 11) is -3.41. The van der Waals surface area contributed by atoms with Gasteiger partial charge in [0.25, 0.3) is 0 Å². The van der Waals surface area contributed by atoms with E-state index in [1.807, 2.05) is 0 Å². The van der Waals surface area contributed by atoms with Crippen LogP contribution >= 0.6 is 12.2 Å². The summed E-state index contributed by atoms with van der Waals surface area (Å²) in [5, 5.41) is -0.799. The monoisotopic (exact) mass is 277 g/mol. The van der Waals surface area contributed by atoms with Crippen molar-refractivity contribution in [2.24, 2.45) is 5.73 Å². The predicted octanol–water partition coefficient (Wildman–Crippen LogP) is -0.183. The first-order chi connectivity index (χ1) is 7.90. The molecule has 3 N–H and O–H groups in total. The topological polar surface area (TPSA) is 75.4 Å². The minimum absolute atomic E-state index is 0.0115. The van der Waals surface area contributed by atoms with Gasteiger partial charge in [0.05, 0.1) is 4.99 Å². The molecule has 2 aliphatic rings. The molecule has 0 spiro atoms. The van der Waals surface area contributed by atoms with Crippen molar-refractivity contribution in [3.63, 3.8) is 0 Å². The Morgan fingerprint density at radius 3 is 2.65 bits per heavy atom. The molecular weight excluding hydrogens is 258 g/mol. The summed E-state index contributed by atoms with van der Waals surface area (Å²) >= 11 is 4.73. The molecule has 0 aromatic rings. The van der Waals surface area contributed by atoms with Gasteiger partial charge in [-0.2, -0.15) is 0 Å². The second kappa shape index (κ2) is 4.79. The second-order valence-electron chi connectivity index (χ2n) is 4.92. The molecule has 5 nitrogen and oxygen atoms in total. The summed E-state index contributed by atoms with van der Waals surface area (Å²) in [6, 6.07) is 0.704. The predicted molar refractivity (Wildman–Crippen MR) is 71.3 cm³/mol. The molecule has 1 aliphatic carbocycles. The molecule has 98 valence electrons.